The van der Waals surface area contributed by atoms with E-state index in [1.54, 1.807) is 13.8 Å². The van der Waals surface area contributed by atoms with Gasteiger partial charge in [0.05, 0.1) is 19.2 Å². The van der Waals surface area contributed by atoms with E-state index < -0.39 is 30.4 Å². The first-order valence-electron chi connectivity index (χ1n) is 6.31. The molecule has 0 fully saturated rings. The monoisotopic (exact) mass is 289 g/mol. The van der Waals surface area contributed by atoms with Crippen molar-refractivity contribution in [2.75, 3.05) is 33.4 Å². The molecule has 0 aromatic rings. The number of carbonyl (C=O) groups excluding carboxylic acids is 2. The SMILES string of the molecule is COCCN(CC(=O)O)C(=O)CNC(=O)[C@@H](N)C(C)C. The van der Waals surface area contributed by atoms with Gasteiger partial charge in [0.2, 0.25) is 11.8 Å². The van der Waals surface area contributed by atoms with Crippen molar-refractivity contribution in [1.82, 2.24) is 10.2 Å². The van der Waals surface area contributed by atoms with Crippen LogP contribution in [0.3, 0.4) is 0 Å². The molecule has 0 unspecified atom stereocenters. The van der Waals surface area contributed by atoms with Crippen LogP contribution >= 0.6 is 0 Å². The quantitative estimate of drug-likeness (QED) is 0.482. The van der Waals surface area contributed by atoms with Gasteiger partial charge < -0.3 is 25.8 Å². The number of carbonyl (C=O) groups is 3. The molecule has 0 heterocycles. The predicted molar refractivity (Wildman–Crippen MR) is 71.9 cm³/mol. The molecule has 0 spiro atoms. The highest BCUT2D eigenvalue weighted by molar-refractivity contribution is 5.88. The van der Waals surface area contributed by atoms with Crippen molar-refractivity contribution in [3.63, 3.8) is 0 Å². The largest absolute Gasteiger partial charge is 0.480 e. The fourth-order valence-corrected chi connectivity index (χ4v) is 1.35. The van der Waals surface area contributed by atoms with Crippen LogP contribution in [0.5, 0.6) is 0 Å². The van der Waals surface area contributed by atoms with Crippen LogP contribution in [0.1, 0.15) is 13.8 Å². The summed E-state index contributed by atoms with van der Waals surface area (Å²) in [5, 5.41) is 11.1. The molecular weight excluding hydrogens is 266 g/mol. The number of amides is 2. The smallest absolute Gasteiger partial charge is 0.323 e. The number of nitrogens with two attached hydrogens (primary N) is 1. The van der Waals surface area contributed by atoms with Gasteiger partial charge in [-0.2, -0.15) is 0 Å². The van der Waals surface area contributed by atoms with Gasteiger partial charge in [-0.05, 0) is 5.92 Å². The van der Waals surface area contributed by atoms with Crippen LogP contribution in [-0.2, 0) is 19.1 Å². The first-order chi connectivity index (χ1) is 9.29. The summed E-state index contributed by atoms with van der Waals surface area (Å²) in [5.41, 5.74) is 5.63. The van der Waals surface area contributed by atoms with Crippen molar-refractivity contribution < 1.29 is 24.2 Å². The lowest BCUT2D eigenvalue weighted by Crippen LogP contribution is -2.49. The van der Waals surface area contributed by atoms with E-state index in [-0.39, 0.29) is 25.6 Å². The number of aliphatic carboxylic acids is 1. The summed E-state index contributed by atoms with van der Waals surface area (Å²) in [6.45, 7) is 3.24. The van der Waals surface area contributed by atoms with Gasteiger partial charge in [0.15, 0.2) is 0 Å². The number of rotatable bonds is 9. The predicted octanol–water partition coefficient (Wildman–Crippen LogP) is -1.35. The zero-order valence-corrected chi connectivity index (χ0v) is 12.1. The number of methoxy groups -OCH3 is 1. The Morgan fingerprint density at radius 2 is 1.95 bits per heavy atom. The number of nitrogens with zero attached hydrogens (tertiary/aromatic N) is 1. The molecule has 0 aromatic heterocycles. The van der Waals surface area contributed by atoms with E-state index in [1.807, 2.05) is 0 Å². The summed E-state index contributed by atoms with van der Waals surface area (Å²) in [6, 6.07) is -0.699. The number of hydrogen-bond acceptors (Lipinski definition) is 5. The molecule has 4 N–H and O–H groups in total. The van der Waals surface area contributed by atoms with Gasteiger partial charge in [0.25, 0.3) is 0 Å². The van der Waals surface area contributed by atoms with Gasteiger partial charge in [0, 0.05) is 13.7 Å². The van der Waals surface area contributed by atoms with E-state index in [0.717, 1.165) is 4.90 Å². The Morgan fingerprint density at radius 3 is 2.40 bits per heavy atom. The first kappa shape index (κ1) is 18.3. The van der Waals surface area contributed by atoms with Crippen LogP contribution in [0.4, 0.5) is 0 Å². The Balaban J connectivity index is 4.37. The van der Waals surface area contributed by atoms with Gasteiger partial charge in [-0.25, -0.2) is 0 Å². The fraction of sp³-hybridized carbons (Fsp3) is 0.750. The van der Waals surface area contributed by atoms with Crippen molar-refractivity contribution in [3.05, 3.63) is 0 Å². The lowest BCUT2D eigenvalue weighted by Gasteiger charge is -2.21. The first-order valence-corrected chi connectivity index (χ1v) is 6.31. The highest BCUT2D eigenvalue weighted by Gasteiger charge is 2.20. The Morgan fingerprint density at radius 1 is 1.35 bits per heavy atom. The average Bonchev–Trinajstić information content (AvgIpc) is 2.38. The maximum atomic E-state index is 11.8. The molecule has 0 bridgehead atoms. The number of nitrogens with one attached hydrogen (secondary N) is 1. The highest BCUT2D eigenvalue weighted by atomic mass is 16.5. The molecule has 1 atom stereocenters. The minimum atomic E-state index is -1.13. The minimum Gasteiger partial charge on any atom is -0.480 e. The van der Waals surface area contributed by atoms with E-state index >= 15 is 0 Å². The summed E-state index contributed by atoms with van der Waals surface area (Å²) < 4.78 is 4.81. The lowest BCUT2D eigenvalue weighted by atomic mass is 10.1. The average molecular weight is 289 g/mol. The van der Waals surface area contributed by atoms with Crippen LogP contribution in [0.25, 0.3) is 0 Å². The van der Waals surface area contributed by atoms with E-state index in [4.69, 9.17) is 15.6 Å². The number of carboxylic acid groups (broad SMARTS) is 1. The van der Waals surface area contributed by atoms with E-state index in [1.165, 1.54) is 7.11 Å². The van der Waals surface area contributed by atoms with Gasteiger partial charge in [-0.15, -0.1) is 0 Å². The third kappa shape index (κ3) is 7.05. The molecule has 0 aromatic carbocycles. The van der Waals surface area contributed by atoms with E-state index in [9.17, 15) is 14.4 Å². The van der Waals surface area contributed by atoms with Crippen molar-refractivity contribution in [2.24, 2.45) is 11.7 Å². The van der Waals surface area contributed by atoms with Gasteiger partial charge in [-0.3, -0.25) is 14.4 Å². The second-order valence-corrected chi connectivity index (χ2v) is 4.69. The zero-order valence-electron chi connectivity index (χ0n) is 12.1. The Bertz CT molecular complexity index is 346. The van der Waals surface area contributed by atoms with Gasteiger partial charge in [0.1, 0.15) is 6.54 Å². The summed E-state index contributed by atoms with van der Waals surface area (Å²) in [6.07, 6.45) is 0. The van der Waals surface area contributed by atoms with Crippen LogP contribution in [0.2, 0.25) is 0 Å². The summed E-state index contributed by atoms with van der Waals surface area (Å²) in [5.74, 6) is -2.10. The van der Waals surface area contributed by atoms with Crippen LogP contribution in [-0.4, -0.2) is 67.2 Å². The topological polar surface area (TPSA) is 122 Å². The molecule has 0 saturated heterocycles. The van der Waals surface area contributed by atoms with Crippen LogP contribution in [0.15, 0.2) is 0 Å². The van der Waals surface area contributed by atoms with Crippen LogP contribution in [0, 0.1) is 5.92 Å². The van der Waals surface area contributed by atoms with Crippen LogP contribution < -0.4 is 11.1 Å². The maximum absolute atomic E-state index is 11.8. The summed E-state index contributed by atoms with van der Waals surface area (Å²) in [4.78, 5) is 35.2. The molecule has 0 rings (SSSR count). The molecule has 0 saturated carbocycles. The molecule has 8 nitrogen and oxygen atoms in total. The maximum Gasteiger partial charge on any atom is 0.323 e. The molecule has 116 valence electrons. The normalized spacial score (nSPS) is 12.1. The number of hydrogen-bond donors (Lipinski definition) is 3. The fourth-order valence-electron chi connectivity index (χ4n) is 1.35. The zero-order chi connectivity index (χ0) is 15.7. The third-order valence-corrected chi connectivity index (χ3v) is 2.68. The number of carboxylic acids is 1. The lowest BCUT2D eigenvalue weighted by molar-refractivity contribution is -0.144. The molecule has 0 aliphatic heterocycles. The van der Waals surface area contributed by atoms with Crippen molar-refractivity contribution >= 4 is 17.8 Å². The molecule has 2 amide bonds. The summed E-state index contributed by atoms with van der Waals surface area (Å²) in [7, 11) is 1.45. The van der Waals surface area contributed by atoms with Crippen molar-refractivity contribution in [3.8, 4) is 0 Å². The minimum absolute atomic E-state index is 0.0475. The Kier molecular flexibility index (Phi) is 8.49. The molecule has 0 aliphatic carbocycles. The van der Waals surface area contributed by atoms with E-state index in [2.05, 4.69) is 5.32 Å². The molecule has 0 radical (unpaired) electrons. The highest BCUT2D eigenvalue weighted by Crippen LogP contribution is 1.98. The Labute approximate surface area is 118 Å². The summed E-state index contributed by atoms with van der Waals surface area (Å²) >= 11 is 0. The third-order valence-electron chi connectivity index (χ3n) is 2.68. The molecule has 0 aliphatic rings. The van der Waals surface area contributed by atoms with Gasteiger partial charge >= 0.3 is 5.97 Å². The molecule has 8 heteroatoms. The number of ether oxygens (including phenoxy) is 1. The second kappa shape index (κ2) is 9.27. The Hall–Kier alpha value is -1.67. The van der Waals surface area contributed by atoms with Gasteiger partial charge in [-0.1, -0.05) is 13.8 Å². The standard InChI is InChI=1S/C12H23N3O5/c1-8(2)11(13)12(19)14-6-9(16)15(4-5-20-3)7-10(17)18/h8,11H,4-7,13H2,1-3H3,(H,14,19)(H,17,18)/t11-/m0/s1. The van der Waals surface area contributed by atoms with Crippen molar-refractivity contribution in [1.29, 1.82) is 0 Å². The molecular formula is C12H23N3O5. The van der Waals surface area contributed by atoms with E-state index in [0.29, 0.717) is 0 Å². The second-order valence-electron chi connectivity index (χ2n) is 4.69. The molecule has 20 heavy (non-hydrogen) atoms. The van der Waals surface area contributed by atoms with Crippen molar-refractivity contribution in [2.45, 2.75) is 19.9 Å².